The predicted molar refractivity (Wildman–Crippen MR) is 92.4 cm³/mol. The van der Waals surface area contributed by atoms with Crippen molar-refractivity contribution in [3.63, 3.8) is 0 Å². The van der Waals surface area contributed by atoms with Gasteiger partial charge >= 0.3 is 5.69 Å². The fraction of sp³-hybridized carbons (Fsp3) is 0.438. The Morgan fingerprint density at radius 3 is 2.96 bits per heavy atom. The van der Waals surface area contributed by atoms with Crippen molar-refractivity contribution in [2.24, 2.45) is 0 Å². The van der Waals surface area contributed by atoms with E-state index < -0.39 is 0 Å². The molecule has 0 radical (unpaired) electrons. The van der Waals surface area contributed by atoms with Crippen molar-refractivity contribution >= 4 is 23.4 Å². The van der Waals surface area contributed by atoms with E-state index in [-0.39, 0.29) is 23.5 Å². The van der Waals surface area contributed by atoms with Gasteiger partial charge in [-0.05, 0) is 31.9 Å². The number of aromatic nitrogens is 3. The maximum absolute atomic E-state index is 12.1. The average molecular weight is 348 g/mol. The number of nitrogens with zero attached hydrogens (tertiary/aromatic N) is 2. The zero-order valence-electron chi connectivity index (χ0n) is 13.4. The highest BCUT2D eigenvalue weighted by Crippen LogP contribution is 2.18. The number of hydrogen-bond donors (Lipinski definition) is 2. The molecule has 1 atom stereocenters. The summed E-state index contributed by atoms with van der Waals surface area (Å²) in [4.78, 5) is 23.9. The van der Waals surface area contributed by atoms with Crippen LogP contribution in [0, 0.1) is 6.92 Å². The molecule has 8 heteroatoms. The second kappa shape index (κ2) is 7.67. The topological polar surface area (TPSA) is 89.0 Å². The van der Waals surface area contributed by atoms with Crippen LogP contribution in [0.25, 0.3) is 0 Å². The summed E-state index contributed by atoms with van der Waals surface area (Å²) in [5, 5.41) is 9.78. The number of nitrogens with one attached hydrogen (secondary N) is 2. The number of amides is 1. The number of ether oxygens (including phenoxy) is 1. The van der Waals surface area contributed by atoms with Crippen LogP contribution in [0.1, 0.15) is 18.4 Å². The molecule has 1 aromatic carbocycles. The monoisotopic (exact) mass is 348 g/mol. The first-order valence-corrected chi connectivity index (χ1v) is 8.86. The number of H-pyrrole nitrogens is 1. The molecule has 3 rings (SSSR count). The SMILES string of the molecule is Cc1ccc(NC(=O)CSc2n[nH]c(=O)n2C[C@@H]2CCCO2)cc1. The third-order valence-corrected chi connectivity index (χ3v) is 4.78. The summed E-state index contributed by atoms with van der Waals surface area (Å²) in [7, 11) is 0. The predicted octanol–water partition coefficient (Wildman–Crippen LogP) is 1.79. The lowest BCUT2D eigenvalue weighted by Crippen LogP contribution is -2.25. The molecule has 2 heterocycles. The van der Waals surface area contributed by atoms with Gasteiger partial charge in [-0.1, -0.05) is 29.5 Å². The van der Waals surface area contributed by atoms with Gasteiger partial charge in [0.05, 0.1) is 18.4 Å². The van der Waals surface area contributed by atoms with Crippen LogP contribution in [0.4, 0.5) is 5.69 Å². The highest BCUT2D eigenvalue weighted by Gasteiger charge is 2.20. The smallest absolute Gasteiger partial charge is 0.344 e. The fourth-order valence-electron chi connectivity index (χ4n) is 2.53. The van der Waals surface area contributed by atoms with E-state index in [0.717, 1.165) is 30.7 Å². The van der Waals surface area contributed by atoms with Crippen LogP contribution in [0.3, 0.4) is 0 Å². The molecule has 0 saturated carbocycles. The molecule has 1 amide bonds. The Morgan fingerprint density at radius 1 is 1.46 bits per heavy atom. The molecule has 0 spiro atoms. The lowest BCUT2D eigenvalue weighted by atomic mass is 10.2. The normalized spacial score (nSPS) is 17.1. The largest absolute Gasteiger partial charge is 0.376 e. The van der Waals surface area contributed by atoms with Crippen molar-refractivity contribution in [1.29, 1.82) is 0 Å². The van der Waals surface area contributed by atoms with Crippen molar-refractivity contribution in [3.8, 4) is 0 Å². The fourth-order valence-corrected chi connectivity index (χ4v) is 3.29. The highest BCUT2D eigenvalue weighted by molar-refractivity contribution is 7.99. The molecule has 1 fully saturated rings. The molecule has 1 saturated heterocycles. The Hall–Kier alpha value is -2.06. The van der Waals surface area contributed by atoms with Gasteiger partial charge in [0.2, 0.25) is 5.91 Å². The minimum absolute atomic E-state index is 0.0426. The van der Waals surface area contributed by atoms with E-state index in [1.807, 2.05) is 31.2 Å². The van der Waals surface area contributed by atoms with Gasteiger partial charge in [0, 0.05) is 12.3 Å². The zero-order valence-corrected chi connectivity index (χ0v) is 14.3. The number of rotatable bonds is 6. The third kappa shape index (κ3) is 4.27. The molecule has 1 aliphatic rings. The van der Waals surface area contributed by atoms with E-state index >= 15 is 0 Å². The third-order valence-electron chi connectivity index (χ3n) is 3.80. The van der Waals surface area contributed by atoms with Crippen LogP contribution >= 0.6 is 11.8 Å². The van der Waals surface area contributed by atoms with Crippen molar-refractivity contribution in [1.82, 2.24) is 14.8 Å². The molecule has 24 heavy (non-hydrogen) atoms. The van der Waals surface area contributed by atoms with Crippen molar-refractivity contribution in [2.45, 2.75) is 37.6 Å². The van der Waals surface area contributed by atoms with E-state index in [1.165, 1.54) is 11.8 Å². The lowest BCUT2D eigenvalue weighted by Gasteiger charge is -2.11. The van der Waals surface area contributed by atoms with Gasteiger partial charge in [-0.3, -0.25) is 9.36 Å². The highest BCUT2D eigenvalue weighted by atomic mass is 32.2. The van der Waals surface area contributed by atoms with Gasteiger partial charge in [-0.15, -0.1) is 5.10 Å². The van der Waals surface area contributed by atoms with Crippen LogP contribution in [0.5, 0.6) is 0 Å². The first kappa shape index (κ1) is 16.8. The van der Waals surface area contributed by atoms with Crippen LogP contribution in [-0.2, 0) is 16.1 Å². The molecule has 128 valence electrons. The number of hydrogen-bond acceptors (Lipinski definition) is 5. The number of aromatic amines is 1. The molecule has 2 N–H and O–H groups in total. The summed E-state index contributed by atoms with van der Waals surface area (Å²) in [5.74, 6) is 0.0481. The molecule has 1 aromatic heterocycles. The number of carbonyl (C=O) groups excluding carboxylic acids is 1. The molecule has 1 aliphatic heterocycles. The minimum atomic E-state index is -0.271. The van der Waals surface area contributed by atoms with E-state index in [2.05, 4.69) is 15.5 Å². The Labute approximate surface area is 143 Å². The van der Waals surface area contributed by atoms with Crippen LogP contribution in [0.15, 0.2) is 34.2 Å². The summed E-state index contributed by atoms with van der Waals surface area (Å²) in [6, 6.07) is 7.60. The molecule has 0 aliphatic carbocycles. The van der Waals surface area contributed by atoms with Crippen molar-refractivity contribution in [2.75, 3.05) is 17.7 Å². The Kier molecular flexibility index (Phi) is 5.37. The first-order chi connectivity index (χ1) is 11.6. The maximum atomic E-state index is 12.1. The van der Waals surface area contributed by atoms with E-state index in [1.54, 1.807) is 4.57 Å². The van der Waals surface area contributed by atoms with Crippen molar-refractivity contribution < 1.29 is 9.53 Å². The summed E-state index contributed by atoms with van der Waals surface area (Å²) in [6.45, 7) is 3.20. The summed E-state index contributed by atoms with van der Waals surface area (Å²) >= 11 is 1.23. The number of thioether (sulfide) groups is 1. The van der Waals surface area contributed by atoms with Gasteiger partial charge in [0.25, 0.3) is 0 Å². The summed E-state index contributed by atoms with van der Waals surface area (Å²) in [6.07, 6.45) is 2.00. The Morgan fingerprint density at radius 2 is 2.25 bits per heavy atom. The molecule has 0 unspecified atom stereocenters. The lowest BCUT2D eigenvalue weighted by molar-refractivity contribution is -0.113. The van der Waals surface area contributed by atoms with E-state index in [4.69, 9.17) is 4.74 Å². The number of carbonyl (C=O) groups is 1. The van der Waals surface area contributed by atoms with Gasteiger partial charge in [0.1, 0.15) is 0 Å². The second-order valence-corrected chi connectivity index (χ2v) is 6.70. The van der Waals surface area contributed by atoms with Crippen LogP contribution in [0.2, 0.25) is 0 Å². The quantitative estimate of drug-likeness (QED) is 0.777. The van der Waals surface area contributed by atoms with Gasteiger partial charge in [-0.25, -0.2) is 9.89 Å². The molecule has 7 nitrogen and oxygen atoms in total. The van der Waals surface area contributed by atoms with Crippen LogP contribution < -0.4 is 11.0 Å². The minimum Gasteiger partial charge on any atom is -0.376 e. The molecule has 0 bridgehead atoms. The molecular weight excluding hydrogens is 328 g/mol. The van der Waals surface area contributed by atoms with Crippen molar-refractivity contribution in [3.05, 3.63) is 40.3 Å². The standard InChI is InChI=1S/C16H20N4O3S/c1-11-4-6-12(7-5-11)17-14(21)10-24-16-19-18-15(22)20(16)9-13-3-2-8-23-13/h4-7,13H,2-3,8-10H2,1H3,(H,17,21)(H,18,22)/t13-/m0/s1. The average Bonchev–Trinajstić information content (AvgIpc) is 3.19. The molecule has 2 aromatic rings. The Balaban J connectivity index is 1.57. The summed E-state index contributed by atoms with van der Waals surface area (Å²) in [5.41, 5.74) is 1.62. The van der Waals surface area contributed by atoms with E-state index in [9.17, 15) is 9.59 Å². The van der Waals surface area contributed by atoms with Gasteiger partial charge in [-0.2, -0.15) is 0 Å². The zero-order chi connectivity index (χ0) is 16.9. The number of aryl methyl sites for hydroxylation is 1. The second-order valence-electron chi connectivity index (χ2n) is 5.76. The van der Waals surface area contributed by atoms with E-state index in [0.29, 0.717) is 11.7 Å². The van der Waals surface area contributed by atoms with Gasteiger partial charge < -0.3 is 10.1 Å². The number of anilines is 1. The van der Waals surface area contributed by atoms with Crippen LogP contribution in [-0.4, -0.2) is 39.1 Å². The number of benzene rings is 1. The van der Waals surface area contributed by atoms with Gasteiger partial charge in [0.15, 0.2) is 5.16 Å². The Bertz CT molecular complexity index is 747. The first-order valence-electron chi connectivity index (χ1n) is 7.88. The maximum Gasteiger partial charge on any atom is 0.344 e. The summed E-state index contributed by atoms with van der Waals surface area (Å²) < 4.78 is 7.10. The molecular formula is C16H20N4O3S.